The maximum Gasteiger partial charge on any atom is 0.202 e. The topological polar surface area (TPSA) is 67.8 Å². The number of rotatable bonds is 8. The average molecular weight is 263 g/mol. The third-order valence-corrected chi connectivity index (χ3v) is 3.08. The predicted octanol–water partition coefficient (Wildman–Crippen LogP) is 1.61. The summed E-state index contributed by atoms with van der Waals surface area (Å²) in [6.45, 7) is 4.45. The predicted molar refractivity (Wildman–Crippen MR) is 74.2 cm³/mol. The molecule has 0 amide bonds. The fourth-order valence-corrected chi connectivity index (χ4v) is 1.99. The summed E-state index contributed by atoms with van der Waals surface area (Å²) in [6, 6.07) is 0. The summed E-state index contributed by atoms with van der Waals surface area (Å²) in [6.07, 6.45) is 7.81. The van der Waals surface area contributed by atoms with Crippen LogP contribution in [0.15, 0.2) is 18.6 Å². The zero-order valence-corrected chi connectivity index (χ0v) is 11.5. The van der Waals surface area contributed by atoms with Gasteiger partial charge in [-0.2, -0.15) is 5.10 Å². The van der Waals surface area contributed by atoms with Crippen molar-refractivity contribution < 1.29 is 4.74 Å². The van der Waals surface area contributed by atoms with E-state index in [1.807, 2.05) is 18.6 Å². The fraction of sp³-hybridized carbons (Fsp3) is 0.538. The van der Waals surface area contributed by atoms with Crippen molar-refractivity contribution in [3.05, 3.63) is 29.8 Å². The van der Waals surface area contributed by atoms with Crippen LogP contribution in [0.5, 0.6) is 0 Å². The Balaban J connectivity index is 1.79. The second-order valence-electron chi connectivity index (χ2n) is 4.49. The number of aromatic nitrogens is 4. The SMILES string of the molecule is COCCNc1nccn1CCCc1cn[nH]c1C. The number of imidazole rings is 1. The highest BCUT2D eigenvalue weighted by Crippen LogP contribution is 2.09. The van der Waals surface area contributed by atoms with E-state index in [0.29, 0.717) is 6.61 Å². The van der Waals surface area contributed by atoms with Gasteiger partial charge in [0.15, 0.2) is 0 Å². The number of H-pyrrole nitrogens is 1. The number of nitrogens with zero attached hydrogens (tertiary/aromatic N) is 3. The molecule has 0 aliphatic heterocycles. The van der Waals surface area contributed by atoms with Crippen LogP contribution < -0.4 is 5.32 Å². The average Bonchev–Trinajstić information content (AvgIpc) is 3.00. The number of aromatic amines is 1. The number of anilines is 1. The van der Waals surface area contributed by atoms with E-state index in [1.54, 1.807) is 7.11 Å². The molecular weight excluding hydrogens is 242 g/mol. The first kappa shape index (κ1) is 13.6. The number of ether oxygens (including phenoxy) is 1. The minimum absolute atomic E-state index is 0.682. The van der Waals surface area contributed by atoms with E-state index < -0.39 is 0 Å². The Labute approximate surface area is 113 Å². The number of aryl methyl sites for hydroxylation is 3. The molecule has 0 fully saturated rings. The van der Waals surface area contributed by atoms with E-state index in [0.717, 1.165) is 37.6 Å². The van der Waals surface area contributed by atoms with E-state index in [9.17, 15) is 0 Å². The van der Waals surface area contributed by atoms with Crippen LogP contribution in [0.25, 0.3) is 0 Å². The molecule has 6 nitrogen and oxygen atoms in total. The molecule has 104 valence electrons. The van der Waals surface area contributed by atoms with Crippen molar-refractivity contribution in [3.8, 4) is 0 Å². The molecule has 2 heterocycles. The summed E-state index contributed by atoms with van der Waals surface area (Å²) < 4.78 is 7.14. The Kier molecular flexibility index (Phi) is 4.97. The number of nitrogens with one attached hydrogen (secondary N) is 2. The van der Waals surface area contributed by atoms with Crippen molar-refractivity contribution in [2.45, 2.75) is 26.3 Å². The number of methoxy groups -OCH3 is 1. The van der Waals surface area contributed by atoms with Crippen molar-refractivity contribution in [2.75, 3.05) is 25.6 Å². The molecule has 0 spiro atoms. The third kappa shape index (κ3) is 3.82. The Morgan fingerprint density at radius 3 is 3.11 bits per heavy atom. The summed E-state index contributed by atoms with van der Waals surface area (Å²) in [5.41, 5.74) is 2.44. The summed E-state index contributed by atoms with van der Waals surface area (Å²) in [5, 5.41) is 10.3. The van der Waals surface area contributed by atoms with Crippen LogP contribution in [0.3, 0.4) is 0 Å². The van der Waals surface area contributed by atoms with Gasteiger partial charge in [0.2, 0.25) is 5.95 Å². The minimum atomic E-state index is 0.682. The second kappa shape index (κ2) is 6.94. The van der Waals surface area contributed by atoms with Crippen LogP contribution in [0.4, 0.5) is 5.95 Å². The van der Waals surface area contributed by atoms with E-state index in [1.165, 1.54) is 5.56 Å². The van der Waals surface area contributed by atoms with Crippen molar-refractivity contribution in [1.82, 2.24) is 19.7 Å². The lowest BCUT2D eigenvalue weighted by molar-refractivity contribution is 0.210. The molecule has 2 N–H and O–H groups in total. The summed E-state index contributed by atoms with van der Waals surface area (Å²) in [5.74, 6) is 0.904. The van der Waals surface area contributed by atoms with Gasteiger partial charge in [0.25, 0.3) is 0 Å². The highest BCUT2D eigenvalue weighted by atomic mass is 16.5. The molecule has 6 heteroatoms. The first-order chi connectivity index (χ1) is 9.31. The van der Waals surface area contributed by atoms with Crippen molar-refractivity contribution in [3.63, 3.8) is 0 Å². The molecular formula is C13H21N5O. The Bertz CT molecular complexity index is 491. The molecule has 0 atom stereocenters. The molecule has 2 aromatic heterocycles. The minimum Gasteiger partial charge on any atom is -0.383 e. The molecule has 0 radical (unpaired) electrons. The van der Waals surface area contributed by atoms with Gasteiger partial charge in [-0.05, 0) is 25.3 Å². The first-order valence-corrected chi connectivity index (χ1v) is 6.54. The van der Waals surface area contributed by atoms with Gasteiger partial charge < -0.3 is 14.6 Å². The zero-order valence-electron chi connectivity index (χ0n) is 11.5. The number of hydrogen-bond acceptors (Lipinski definition) is 4. The Morgan fingerprint density at radius 2 is 2.37 bits per heavy atom. The van der Waals surface area contributed by atoms with Gasteiger partial charge in [-0.25, -0.2) is 4.98 Å². The van der Waals surface area contributed by atoms with Gasteiger partial charge in [0.1, 0.15) is 0 Å². The molecule has 0 aliphatic carbocycles. The van der Waals surface area contributed by atoms with E-state index in [-0.39, 0.29) is 0 Å². The Hall–Kier alpha value is -1.82. The van der Waals surface area contributed by atoms with Crippen molar-refractivity contribution >= 4 is 5.95 Å². The smallest absolute Gasteiger partial charge is 0.202 e. The van der Waals surface area contributed by atoms with Gasteiger partial charge in [-0.15, -0.1) is 0 Å². The molecule has 2 aromatic rings. The van der Waals surface area contributed by atoms with Crippen LogP contribution in [-0.2, 0) is 17.7 Å². The highest BCUT2D eigenvalue weighted by molar-refractivity contribution is 5.25. The van der Waals surface area contributed by atoms with Crippen molar-refractivity contribution in [2.24, 2.45) is 0 Å². The first-order valence-electron chi connectivity index (χ1n) is 6.54. The third-order valence-electron chi connectivity index (χ3n) is 3.08. The monoisotopic (exact) mass is 263 g/mol. The lowest BCUT2D eigenvalue weighted by Gasteiger charge is -2.09. The van der Waals surface area contributed by atoms with E-state index in [2.05, 4.69) is 32.0 Å². The summed E-state index contributed by atoms with van der Waals surface area (Å²) >= 11 is 0. The Morgan fingerprint density at radius 1 is 1.47 bits per heavy atom. The van der Waals surface area contributed by atoms with E-state index >= 15 is 0 Å². The van der Waals surface area contributed by atoms with Crippen molar-refractivity contribution in [1.29, 1.82) is 0 Å². The molecule has 2 rings (SSSR count). The molecule has 19 heavy (non-hydrogen) atoms. The molecule has 0 unspecified atom stereocenters. The molecule has 0 aromatic carbocycles. The largest absolute Gasteiger partial charge is 0.383 e. The van der Waals surface area contributed by atoms with Crippen LogP contribution in [0.2, 0.25) is 0 Å². The zero-order chi connectivity index (χ0) is 13.5. The van der Waals surface area contributed by atoms with Crippen LogP contribution in [0.1, 0.15) is 17.7 Å². The normalized spacial score (nSPS) is 10.8. The van der Waals surface area contributed by atoms with E-state index in [4.69, 9.17) is 4.74 Å². The maximum absolute atomic E-state index is 5.01. The fourth-order valence-electron chi connectivity index (χ4n) is 1.99. The number of hydrogen-bond donors (Lipinski definition) is 2. The van der Waals surface area contributed by atoms with Crippen LogP contribution >= 0.6 is 0 Å². The van der Waals surface area contributed by atoms with Gasteiger partial charge in [0, 0.05) is 38.3 Å². The van der Waals surface area contributed by atoms with Crippen LogP contribution in [-0.4, -0.2) is 40.0 Å². The highest BCUT2D eigenvalue weighted by Gasteiger charge is 2.03. The maximum atomic E-state index is 5.01. The lowest BCUT2D eigenvalue weighted by atomic mass is 10.1. The van der Waals surface area contributed by atoms with Crippen LogP contribution in [0, 0.1) is 6.92 Å². The standard InChI is InChI=1S/C13H21N5O/c1-11-12(10-16-17-11)4-3-7-18-8-5-14-13(18)15-6-9-19-2/h5,8,10H,3-4,6-7,9H2,1-2H3,(H,14,15)(H,16,17). The van der Waals surface area contributed by atoms with Gasteiger partial charge in [0.05, 0.1) is 12.8 Å². The molecule has 0 saturated carbocycles. The summed E-state index contributed by atoms with van der Waals surface area (Å²) in [7, 11) is 1.70. The van der Waals surface area contributed by atoms with Gasteiger partial charge >= 0.3 is 0 Å². The second-order valence-corrected chi connectivity index (χ2v) is 4.49. The molecule has 0 saturated heterocycles. The lowest BCUT2D eigenvalue weighted by Crippen LogP contribution is -2.12. The van der Waals surface area contributed by atoms with Gasteiger partial charge in [-0.3, -0.25) is 5.10 Å². The van der Waals surface area contributed by atoms with Gasteiger partial charge in [-0.1, -0.05) is 0 Å². The molecule has 0 aliphatic rings. The quantitative estimate of drug-likeness (QED) is 0.710. The molecule has 0 bridgehead atoms. The summed E-state index contributed by atoms with van der Waals surface area (Å²) in [4.78, 5) is 4.30.